The fraction of sp³-hybridized carbons (Fsp3) is 0.222. The van der Waals surface area contributed by atoms with Crippen LogP contribution in [0.4, 0.5) is 11.4 Å². The Morgan fingerprint density at radius 1 is 1.23 bits per heavy atom. The number of nitrogens with zero attached hydrogens (tertiary/aromatic N) is 4. The van der Waals surface area contributed by atoms with Crippen molar-refractivity contribution in [2.45, 2.75) is 4.90 Å². The highest BCUT2D eigenvalue weighted by Gasteiger charge is 2.28. The van der Waals surface area contributed by atoms with Gasteiger partial charge in [0, 0.05) is 30.8 Å². The molecule has 10 nitrogen and oxygen atoms in total. The van der Waals surface area contributed by atoms with Gasteiger partial charge in [-0.05, 0) is 30.3 Å². The number of non-ortho nitro benzene ring substituents is 1. The summed E-state index contributed by atoms with van der Waals surface area (Å²) in [7, 11) is -3.82. The van der Waals surface area contributed by atoms with Gasteiger partial charge in [0.05, 0.1) is 28.8 Å². The molecule has 0 aliphatic carbocycles. The van der Waals surface area contributed by atoms with Crippen LogP contribution in [0.2, 0.25) is 5.02 Å². The molecule has 2 aromatic rings. The Balaban J connectivity index is 1.85. The molecule has 1 heterocycles. The molecular weight excluding hydrogens is 434 g/mol. The van der Waals surface area contributed by atoms with Gasteiger partial charge in [0.15, 0.2) is 5.71 Å². The van der Waals surface area contributed by atoms with Gasteiger partial charge < -0.3 is 4.74 Å². The van der Waals surface area contributed by atoms with Crippen LogP contribution in [-0.4, -0.2) is 49.7 Å². The average molecular weight is 450 g/mol. The minimum Gasteiger partial charge on any atom is -0.379 e. The number of rotatable bonds is 6. The number of hydrogen-bond donors (Lipinski definition) is 1. The molecule has 12 heteroatoms. The highest BCUT2D eigenvalue weighted by Crippen LogP contribution is 2.28. The van der Waals surface area contributed by atoms with E-state index < -0.39 is 14.9 Å². The summed E-state index contributed by atoms with van der Waals surface area (Å²) in [4.78, 5) is 10.1. The lowest BCUT2D eigenvalue weighted by Gasteiger charge is -2.26. The number of morpholine rings is 1. The summed E-state index contributed by atoms with van der Waals surface area (Å²) in [6.45, 7) is 1.07. The molecule has 0 amide bonds. The lowest BCUT2D eigenvalue weighted by Crippen LogP contribution is -2.40. The number of hydrazone groups is 1. The molecule has 0 saturated carbocycles. The summed E-state index contributed by atoms with van der Waals surface area (Å²) in [5, 5.41) is 24.1. The Bertz CT molecular complexity index is 1120. The molecule has 0 spiro atoms. The molecule has 1 aliphatic rings. The standard InChI is InChI=1S/C18H16ClN5O5S/c19-16-6-3-14(11-18(16)30(27,28)23-7-9-29-10-8-23)21-22-17(12-20)13-1-4-15(5-2-13)24(25)26/h1-6,11,21H,7-10H2/b22-17+. The quantitative estimate of drug-likeness (QED) is 0.406. The van der Waals surface area contributed by atoms with Crippen molar-refractivity contribution in [1.29, 1.82) is 5.26 Å². The molecule has 0 aromatic heterocycles. The van der Waals surface area contributed by atoms with Crippen LogP contribution >= 0.6 is 11.6 Å². The van der Waals surface area contributed by atoms with E-state index >= 15 is 0 Å². The maximum atomic E-state index is 12.9. The van der Waals surface area contributed by atoms with Gasteiger partial charge in [0.25, 0.3) is 5.69 Å². The second-order valence-corrected chi connectivity index (χ2v) is 8.46. The predicted molar refractivity (Wildman–Crippen MR) is 110 cm³/mol. The minimum absolute atomic E-state index is 0.0302. The van der Waals surface area contributed by atoms with Gasteiger partial charge in [-0.25, -0.2) is 8.42 Å². The van der Waals surface area contributed by atoms with Crippen LogP contribution in [0.3, 0.4) is 0 Å². The van der Waals surface area contributed by atoms with E-state index in [0.29, 0.717) is 24.5 Å². The lowest BCUT2D eigenvalue weighted by atomic mass is 10.1. The van der Waals surface area contributed by atoms with Crippen molar-refractivity contribution >= 4 is 38.7 Å². The minimum atomic E-state index is -3.82. The maximum Gasteiger partial charge on any atom is 0.269 e. The zero-order valence-corrected chi connectivity index (χ0v) is 17.1. The molecule has 1 aliphatic heterocycles. The molecule has 1 saturated heterocycles. The SMILES string of the molecule is N#C/C(=N\Nc1ccc(Cl)c(S(=O)(=O)N2CCOCC2)c1)c1ccc([N+](=O)[O-])cc1. The maximum absolute atomic E-state index is 12.9. The number of ether oxygens (including phenoxy) is 1. The van der Waals surface area contributed by atoms with E-state index in [0.717, 1.165) is 0 Å². The summed E-state index contributed by atoms with van der Waals surface area (Å²) in [5.74, 6) is 0. The first kappa shape index (κ1) is 21.7. The van der Waals surface area contributed by atoms with Crippen molar-refractivity contribution < 1.29 is 18.1 Å². The van der Waals surface area contributed by atoms with Crippen molar-refractivity contribution in [2.75, 3.05) is 31.7 Å². The van der Waals surface area contributed by atoms with Gasteiger partial charge >= 0.3 is 0 Å². The van der Waals surface area contributed by atoms with E-state index in [4.69, 9.17) is 16.3 Å². The molecule has 0 unspecified atom stereocenters. The molecule has 156 valence electrons. The number of nitro benzene ring substituents is 1. The predicted octanol–water partition coefficient (Wildman–Crippen LogP) is 2.61. The van der Waals surface area contributed by atoms with Crippen LogP contribution in [0.1, 0.15) is 5.56 Å². The molecule has 0 radical (unpaired) electrons. The van der Waals surface area contributed by atoms with Crippen LogP contribution < -0.4 is 5.43 Å². The van der Waals surface area contributed by atoms with Gasteiger partial charge in [0.2, 0.25) is 10.0 Å². The second kappa shape index (κ2) is 9.19. The highest BCUT2D eigenvalue weighted by atomic mass is 35.5. The lowest BCUT2D eigenvalue weighted by molar-refractivity contribution is -0.384. The van der Waals surface area contributed by atoms with Crippen molar-refractivity contribution in [1.82, 2.24) is 4.31 Å². The van der Waals surface area contributed by atoms with E-state index in [9.17, 15) is 23.8 Å². The Hall–Kier alpha value is -3.04. The molecule has 30 heavy (non-hydrogen) atoms. The summed E-state index contributed by atoms with van der Waals surface area (Å²) in [6.07, 6.45) is 0. The molecule has 1 fully saturated rings. The summed E-state index contributed by atoms with van der Waals surface area (Å²) in [6, 6.07) is 11.5. The summed E-state index contributed by atoms with van der Waals surface area (Å²) in [5.41, 5.74) is 3.17. The first-order valence-electron chi connectivity index (χ1n) is 8.69. The van der Waals surface area contributed by atoms with Crippen LogP contribution in [0.15, 0.2) is 52.5 Å². The molecule has 0 atom stereocenters. The number of nitrogens with one attached hydrogen (secondary N) is 1. The monoisotopic (exact) mass is 449 g/mol. The van der Waals surface area contributed by atoms with Crippen LogP contribution in [0, 0.1) is 21.4 Å². The Morgan fingerprint density at radius 2 is 1.90 bits per heavy atom. The normalized spacial score (nSPS) is 15.4. The van der Waals surface area contributed by atoms with E-state index in [1.807, 2.05) is 6.07 Å². The van der Waals surface area contributed by atoms with E-state index in [1.165, 1.54) is 46.8 Å². The average Bonchev–Trinajstić information content (AvgIpc) is 2.76. The smallest absolute Gasteiger partial charge is 0.269 e. The van der Waals surface area contributed by atoms with E-state index in [-0.39, 0.29) is 34.4 Å². The third-order valence-corrected chi connectivity index (χ3v) is 6.65. The van der Waals surface area contributed by atoms with E-state index in [2.05, 4.69) is 10.5 Å². The fourth-order valence-corrected chi connectivity index (χ4v) is 4.62. The summed E-state index contributed by atoms with van der Waals surface area (Å²) >= 11 is 6.12. The van der Waals surface area contributed by atoms with Crippen molar-refractivity contribution in [3.8, 4) is 6.07 Å². The third-order valence-electron chi connectivity index (χ3n) is 4.27. The fourth-order valence-electron chi connectivity index (χ4n) is 2.71. The van der Waals surface area contributed by atoms with Crippen molar-refractivity contribution in [2.24, 2.45) is 5.10 Å². The first-order valence-corrected chi connectivity index (χ1v) is 10.5. The largest absolute Gasteiger partial charge is 0.379 e. The molecular formula is C18H16ClN5O5S. The number of hydrogen-bond acceptors (Lipinski definition) is 8. The molecule has 3 rings (SSSR count). The molecule has 2 aromatic carbocycles. The number of nitro groups is 1. The molecule has 1 N–H and O–H groups in total. The van der Waals surface area contributed by atoms with Crippen LogP contribution in [-0.2, 0) is 14.8 Å². The number of sulfonamides is 1. The van der Waals surface area contributed by atoms with Crippen molar-refractivity contribution in [3.63, 3.8) is 0 Å². The van der Waals surface area contributed by atoms with Crippen molar-refractivity contribution in [3.05, 3.63) is 63.2 Å². The number of anilines is 1. The Kier molecular flexibility index (Phi) is 6.63. The number of benzene rings is 2. The second-order valence-electron chi connectivity index (χ2n) is 6.15. The summed E-state index contributed by atoms with van der Waals surface area (Å²) < 4.78 is 32.2. The van der Waals surface area contributed by atoms with Gasteiger partial charge in [0.1, 0.15) is 11.0 Å². The Labute approximate surface area is 177 Å². The van der Waals surface area contributed by atoms with Crippen LogP contribution in [0.5, 0.6) is 0 Å². The Morgan fingerprint density at radius 3 is 2.50 bits per heavy atom. The third kappa shape index (κ3) is 4.74. The van der Waals surface area contributed by atoms with E-state index in [1.54, 1.807) is 0 Å². The highest BCUT2D eigenvalue weighted by molar-refractivity contribution is 7.89. The number of nitriles is 1. The zero-order chi connectivity index (χ0) is 21.7. The van der Waals surface area contributed by atoms with Gasteiger partial charge in [-0.2, -0.15) is 14.7 Å². The topological polar surface area (TPSA) is 138 Å². The van der Waals surface area contributed by atoms with Crippen LogP contribution in [0.25, 0.3) is 0 Å². The number of halogens is 1. The zero-order valence-electron chi connectivity index (χ0n) is 15.5. The van der Waals surface area contributed by atoms with Gasteiger partial charge in [-0.15, -0.1) is 0 Å². The van der Waals surface area contributed by atoms with Gasteiger partial charge in [-0.1, -0.05) is 11.6 Å². The van der Waals surface area contributed by atoms with Gasteiger partial charge in [-0.3, -0.25) is 15.5 Å². The first-order chi connectivity index (χ1) is 14.3. The molecule has 0 bridgehead atoms.